The summed E-state index contributed by atoms with van der Waals surface area (Å²) in [4.78, 5) is 23.2. The van der Waals surface area contributed by atoms with Crippen LogP contribution < -0.4 is 10.1 Å². The van der Waals surface area contributed by atoms with Crippen molar-refractivity contribution in [1.29, 1.82) is 0 Å². The highest BCUT2D eigenvalue weighted by Crippen LogP contribution is 2.19. The molecule has 1 aromatic carbocycles. The molecule has 8 heteroatoms. The number of carbonyl (C=O) groups excluding carboxylic acids is 1. The molecule has 0 bridgehead atoms. The third-order valence-electron chi connectivity index (χ3n) is 4.25. The van der Waals surface area contributed by atoms with Gasteiger partial charge in [-0.1, -0.05) is 25.5 Å². The van der Waals surface area contributed by atoms with E-state index in [4.69, 9.17) is 18.9 Å². The van der Waals surface area contributed by atoms with E-state index in [0.29, 0.717) is 24.5 Å². The molecule has 1 amide bonds. The Labute approximate surface area is 165 Å². The second-order valence-electron chi connectivity index (χ2n) is 6.49. The van der Waals surface area contributed by atoms with Gasteiger partial charge in [-0.15, -0.1) is 0 Å². The second kappa shape index (κ2) is 12.2. The Morgan fingerprint density at radius 2 is 2.00 bits per heavy atom. The van der Waals surface area contributed by atoms with Crippen LogP contribution in [0.4, 0.5) is 4.79 Å². The third-order valence-corrected chi connectivity index (χ3v) is 4.25. The topological polar surface area (TPSA) is 103 Å². The van der Waals surface area contributed by atoms with Crippen LogP contribution in [0.3, 0.4) is 0 Å². The van der Waals surface area contributed by atoms with Gasteiger partial charge in [0.15, 0.2) is 12.3 Å². The highest BCUT2D eigenvalue weighted by atomic mass is 16.7. The lowest BCUT2D eigenvalue weighted by atomic mass is 10.1. The first-order chi connectivity index (χ1) is 13.6. The average Bonchev–Trinajstić information content (AvgIpc) is 2.71. The molecule has 1 aromatic rings. The molecule has 28 heavy (non-hydrogen) atoms. The molecule has 0 aromatic heterocycles. The fourth-order valence-electron chi connectivity index (χ4n) is 2.69. The minimum Gasteiger partial charge on any atom is -0.491 e. The summed E-state index contributed by atoms with van der Waals surface area (Å²) in [7, 11) is 0. The summed E-state index contributed by atoms with van der Waals surface area (Å²) in [5, 5.41) is 11.7. The molecule has 0 radical (unpaired) electrons. The Morgan fingerprint density at radius 3 is 2.64 bits per heavy atom. The number of carboxylic acids is 1. The van der Waals surface area contributed by atoms with E-state index in [-0.39, 0.29) is 12.9 Å². The Hall–Kier alpha value is -2.32. The van der Waals surface area contributed by atoms with Gasteiger partial charge >= 0.3 is 12.1 Å². The van der Waals surface area contributed by atoms with E-state index in [2.05, 4.69) is 5.32 Å². The van der Waals surface area contributed by atoms with Crippen LogP contribution in [0, 0.1) is 0 Å². The maximum Gasteiger partial charge on any atom is 0.408 e. The van der Waals surface area contributed by atoms with E-state index in [0.717, 1.165) is 38.7 Å². The number of carbonyl (C=O) groups is 2. The first kappa shape index (κ1) is 22.0. The number of nitrogens with one attached hydrogen (secondary N) is 1. The van der Waals surface area contributed by atoms with Crippen LogP contribution in [-0.4, -0.2) is 49.9 Å². The van der Waals surface area contributed by atoms with Crippen LogP contribution in [0.2, 0.25) is 0 Å². The minimum atomic E-state index is -1.19. The number of ether oxygens (including phenoxy) is 4. The maximum absolute atomic E-state index is 11.7. The summed E-state index contributed by atoms with van der Waals surface area (Å²) >= 11 is 0. The van der Waals surface area contributed by atoms with Crippen molar-refractivity contribution in [2.45, 2.75) is 51.4 Å². The number of benzene rings is 1. The van der Waals surface area contributed by atoms with Crippen molar-refractivity contribution >= 4 is 12.1 Å². The number of carboxylic acid groups (broad SMARTS) is 1. The largest absolute Gasteiger partial charge is 0.491 e. The molecular formula is C20H29NO7. The zero-order chi connectivity index (χ0) is 20.2. The molecule has 0 spiro atoms. The van der Waals surface area contributed by atoms with Gasteiger partial charge in [0.2, 0.25) is 0 Å². The number of amides is 1. The quantitative estimate of drug-likeness (QED) is 0.554. The van der Waals surface area contributed by atoms with Gasteiger partial charge in [-0.3, -0.25) is 0 Å². The fraction of sp³-hybridized carbons (Fsp3) is 0.600. The molecule has 1 aliphatic heterocycles. The van der Waals surface area contributed by atoms with Crippen LogP contribution in [0.15, 0.2) is 24.3 Å². The van der Waals surface area contributed by atoms with Gasteiger partial charge in [0.1, 0.15) is 12.4 Å². The number of hydrogen-bond donors (Lipinski definition) is 2. The highest BCUT2D eigenvalue weighted by Gasteiger charge is 2.22. The zero-order valence-electron chi connectivity index (χ0n) is 16.2. The number of hydrogen-bond acceptors (Lipinski definition) is 6. The molecule has 8 nitrogen and oxygen atoms in total. The lowest BCUT2D eigenvalue weighted by Gasteiger charge is -2.22. The summed E-state index contributed by atoms with van der Waals surface area (Å²) in [6.45, 7) is 3.74. The van der Waals surface area contributed by atoms with Gasteiger partial charge in [-0.25, -0.2) is 9.59 Å². The van der Waals surface area contributed by atoms with Crippen molar-refractivity contribution in [3.05, 3.63) is 29.8 Å². The van der Waals surface area contributed by atoms with E-state index < -0.39 is 18.1 Å². The molecule has 156 valence electrons. The van der Waals surface area contributed by atoms with E-state index in [1.807, 2.05) is 6.92 Å². The fourth-order valence-corrected chi connectivity index (χ4v) is 2.69. The molecule has 1 saturated heterocycles. The van der Waals surface area contributed by atoms with Crippen LogP contribution in [-0.2, 0) is 19.0 Å². The standard InChI is InChI=1S/C20H29NO7/c1-2-3-11-28-20(24)21-18(19(22)23)15-7-9-16(10-8-15)25-13-14-27-17-6-4-5-12-26-17/h7-10,17-18H,2-6,11-14H2,1H3,(H,21,24)(H,22,23). The molecule has 0 aliphatic carbocycles. The Kier molecular flexibility index (Phi) is 9.57. The summed E-state index contributed by atoms with van der Waals surface area (Å²) in [6, 6.07) is 5.34. The molecule has 2 N–H and O–H groups in total. The summed E-state index contributed by atoms with van der Waals surface area (Å²) in [6.07, 6.45) is 3.80. The molecule has 1 aliphatic rings. The molecule has 1 heterocycles. The minimum absolute atomic E-state index is 0.154. The van der Waals surface area contributed by atoms with E-state index in [9.17, 15) is 14.7 Å². The van der Waals surface area contributed by atoms with Crippen molar-refractivity contribution in [3.63, 3.8) is 0 Å². The molecule has 1 fully saturated rings. The lowest BCUT2D eigenvalue weighted by Crippen LogP contribution is -2.34. The van der Waals surface area contributed by atoms with Crippen LogP contribution in [0.1, 0.15) is 50.6 Å². The predicted molar refractivity (Wildman–Crippen MR) is 101 cm³/mol. The zero-order valence-corrected chi connectivity index (χ0v) is 16.2. The van der Waals surface area contributed by atoms with E-state index >= 15 is 0 Å². The summed E-state index contributed by atoms with van der Waals surface area (Å²) < 4.78 is 21.6. The average molecular weight is 395 g/mol. The summed E-state index contributed by atoms with van der Waals surface area (Å²) in [5.41, 5.74) is 0.430. The van der Waals surface area contributed by atoms with Crippen LogP contribution in [0.25, 0.3) is 0 Å². The Morgan fingerprint density at radius 1 is 1.21 bits per heavy atom. The van der Waals surface area contributed by atoms with Crippen molar-refractivity contribution in [2.24, 2.45) is 0 Å². The van der Waals surface area contributed by atoms with E-state index in [1.165, 1.54) is 0 Å². The van der Waals surface area contributed by atoms with Gasteiger partial charge in [0.05, 0.1) is 13.2 Å². The second-order valence-corrected chi connectivity index (χ2v) is 6.49. The normalized spacial score (nSPS) is 17.5. The third kappa shape index (κ3) is 7.74. The molecule has 2 atom stereocenters. The van der Waals surface area contributed by atoms with E-state index in [1.54, 1.807) is 24.3 Å². The monoisotopic (exact) mass is 395 g/mol. The smallest absolute Gasteiger partial charge is 0.408 e. The van der Waals surface area contributed by atoms with Gasteiger partial charge < -0.3 is 29.4 Å². The Bertz CT molecular complexity index is 599. The van der Waals surface area contributed by atoms with Crippen LogP contribution in [0.5, 0.6) is 5.75 Å². The number of rotatable bonds is 11. The number of alkyl carbamates (subject to hydrolysis) is 1. The molecular weight excluding hydrogens is 366 g/mol. The highest BCUT2D eigenvalue weighted by molar-refractivity contribution is 5.81. The SMILES string of the molecule is CCCCOC(=O)NC(C(=O)O)c1ccc(OCCOC2CCCCO2)cc1. The van der Waals surface area contributed by atoms with Gasteiger partial charge in [0, 0.05) is 6.61 Å². The number of aliphatic carboxylic acids is 1. The molecule has 0 saturated carbocycles. The van der Waals surface area contributed by atoms with Crippen LogP contribution >= 0.6 is 0 Å². The Balaban J connectivity index is 1.77. The van der Waals surface area contributed by atoms with Crippen molar-refractivity contribution in [2.75, 3.05) is 26.4 Å². The van der Waals surface area contributed by atoms with Gasteiger partial charge in [0.25, 0.3) is 0 Å². The van der Waals surface area contributed by atoms with Gasteiger partial charge in [-0.05, 0) is 43.4 Å². The first-order valence-electron chi connectivity index (χ1n) is 9.72. The predicted octanol–water partition coefficient (Wildman–Crippen LogP) is 3.26. The number of unbranched alkanes of at least 4 members (excludes halogenated alkanes) is 1. The van der Waals surface area contributed by atoms with Crippen molar-refractivity contribution in [3.8, 4) is 5.75 Å². The van der Waals surface area contributed by atoms with Gasteiger partial charge in [-0.2, -0.15) is 0 Å². The summed E-state index contributed by atoms with van der Waals surface area (Å²) in [5.74, 6) is -0.575. The maximum atomic E-state index is 11.7. The first-order valence-corrected chi connectivity index (χ1v) is 9.72. The molecule has 2 rings (SSSR count). The van der Waals surface area contributed by atoms with Crippen molar-refractivity contribution in [1.82, 2.24) is 5.32 Å². The molecule has 2 unspecified atom stereocenters. The van der Waals surface area contributed by atoms with Crippen molar-refractivity contribution < 1.29 is 33.6 Å². The lowest BCUT2D eigenvalue weighted by molar-refractivity contribution is -0.165.